The summed E-state index contributed by atoms with van der Waals surface area (Å²) in [4.78, 5) is 25.8. The van der Waals surface area contributed by atoms with Gasteiger partial charge in [0.05, 0.1) is 26.9 Å². The van der Waals surface area contributed by atoms with Crippen molar-refractivity contribution in [1.82, 2.24) is 0 Å². The molecule has 5 rings (SSSR count). The lowest BCUT2D eigenvalue weighted by atomic mass is 9.77. The first-order valence-corrected chi connectivity index (χ1v) is 9.75. The highest BCUT2D eigenvalue weighted by Crippen LogP contribution is 2.48. The number of para-hydroxylation sites is 1. The number of fused-ring (bicyclic) bond motifs is 3. The summed E-state index contributed by atoms with van der Waals surface area (Å²) >= 11 is 12.3. The largest absolute Gasteiger partial charge is 0.460 e. The molecule has 2 aromatic carbocycles. The number of hydrogen-bond acceptors (Lipinski definition) is 4. The number of ketones is 1. The molecule has 0 saturated carbocycles. The molecule has 1 aromatic heterocycles. The van der Waals surface area contributed by atoms with Crippen molar-refractivity contribution in [3.8, 4) is 5.75 Å². The van der Waals surface area contributed by atoms with Crippen LogP contribution in [-0.4, -0.2) is 5.78 Å². The van der Waals surface area contributed by atoms with Gasteiger partial charge >= 0.3 is 5.63 Å². The van der Waals surface area contributed by atoms with Gasteiger partial charge in [0.25, 0.3) is 0 Å². The van der Waals surface area contributed by atoms with E-state index in [0.717, 1.165) is 6.42 Å². The van der Waals surface area contributed by atoms with Crippen LogP contribution in [0, 0.1) is 0 Å². The zero-order valence-electron chi connectivity index (χ0n) is 14.6. The molecule has 1 aliphatic carbocycles. The van der Waals surface area contributed by atoms with Gasteiger partial charge in [-0.1, -0.05) is 41.4 Å². The van der Waals surface area contributed by atoms with Gasteiger partial charge in [-0.3, -0.25) is 4.79 Å². The average molecular weight is 413 g/mol. The van der Waals surface area contributed by atoms with Crippen molar-refractivity contribution in [3.05, 3.63) is 85.4 Å². The summed E-state index contributed by atoms with van der Waals surface area (Å²) in [6.45, 7) is 0. The molecule has 0 bridgehead atoms. The van der Waals surface area contributed by atoms with Gasteiger partial charge in [0.2, 0.25) is 0 Å². The molecule has 3 aromatic rings. The summed E-state index contributed by atoms with van der Waals surface area (Å²) in [6.07, 6.45) is 1.79. The molecule has 0 N–H and O–H groups in total. The first-order valence-electron chi connectivity index (χ1n) is 8.99. The number of carbonyl (C=O) groups excluding carboxylic acids is 1. The number of hydrogen-bond donors (Lipinski definition) is 0. The summed E-state index contributed by atoms with van der Waals surface area (Å²) in [5, 5.41) is 1.47. The minimum Gasteiger partial charge on any atom is -0.460 e. The van der Waals surface area contributed by atoms with E-state index in [1.54, 1.807) is 30.3 Å². The predicted molar refractivity (Wildman–Crippen MR) is 107 cm³/mol. The Hall–Kier alpha value is -2.56. The smallest absolute Gasteiger partial charge is 0.344 e. The maximum absolute atomic E-state index is 13.0. The van der Waals surface area contributed by atoms with E-state index in [1.807, 2.05) is 12.1 Å². The van der Waals surface area contributed by atoms with Crippen LogP contribution in [0.5, 0.6) is 5.75 Å². The fourth-order valence-electron chi connectivity index (χ4n) is 4.05. The fraction of sp³-hybridized carbons (Fsp3) is 0.182. The van der Waals surface area contributed by atoms with Gasteiger partial charge in [-0.25, -0.2) is 4.79 Å². The molecule has 4 nitrogen and oxygen atoms in total. The molecule has 2 aliphatic rings. The zero-order valence-corrected chi connectivity index (χ0v) is 16.1. The second kappa shape index (κ2) is 6.50. The molecule has 0 radical (unpaired) electrons. The Morgan fingerprint density at radius 2 is 1.79 bits per heavy atom. The monoisotopic (exact) mass is 412 g/mol. The number of allylic oxidation sites excluding steroid dienone is 2. The highest BCUT2D eigenvalue weighted by molar-refractivity contribution is 6.42. The Labute approximate surface area is 170 Å². The maximum atomic E-state index is 13.0. The van der Waals surface area contributed by atoms with Crippen LogP contribution in [0.25, 0.3) is 11.0 Å². The van der Waals surface area contributed by atoms with Crippen molar-refractivity contribution in [2.45, 2.75) is 25.2 Å². The first kappa shape index (κ1) is 17.5. The van der Waals surface area contributed by atoms with Gasteiger partial charge in [0.1, 0.15) is 17.1 Å². The van der Waals surface area contributed by atoms with Crippen LogP contribution < -0.4 is 10.4 Å². The molecule has 6 heteroatoms. The quantitative estimate of drug-likeness (QED) is 0.485. The molecular formula is C22H14Cl2O4. The Bertz CT molecular complexity index is 1240. The van der Waals surface area contributed by atoms with E-state index in [4.69, 9.17) is 32.4 Å². The molecule has 28 heavy (non-hydrogen) atoms. The van der Waals surface area contributed by atoms with E-state index >= 15 is 0 Å². The van der Waals surface area contributed by atoms with Crippen molar-refractivity contribution in [3.63, 3.8) is 0 Å². The molecule has 140 valence electrons. The van der Waals surface area contributed by atoms with Crippen LogP contribution >= 0.6 is 23.2 Å². The number of halogens is 2. The number of Topliss-reactive ketones (excluding diaryl/α,β-unsaturated/α-hetero) is 1. The minimum absolute atomic E-state index is 0.0180. The van der Waals surface area contributed by atoms with E-state index in [0.29, 0.717) is 62.1 Å². The Balaban J connectivity index is 1.86. The Morgan fingerprint density at radius 1 is 0.964 bits per heavy atom. The van der Waals surface area contributed by atoms with Crippen LogP contribution in [0.1, 0.15) is 36.3 Å². The van der Waals surface area contributed by atoms with E-state index in [-0.39, 0.29) is 5.78 Å². The molecule has 1 aliphatic heterocycles. The minimum atomic E-state index is -0.595. The van der Waals surface area contributed by atoms with Crippen molar-refractivity contribution < 1.29 is 13.9 Å². The fourth-order valence-corrected chi connectivity index (χ4v) is 4.36. The summed E-state index contributed by atoms with van der Waals surface area (Å²) < 4.78 is 11.7. The average Bonchev–Trinajstić information content (AvgIpc) is 2.69. The summed E-state index contributed by atoms with van der Waals surface area (Å²) in [7, 11) is 0. The number of benzene rings is 2. The molecule has 0 amide bonds. The van der Waals surface area contributed by atoms with Gasteiger partial charge in [-0.05, 0) is 36.2 Å². The maximum Gasteiger partial charge on any atom is 0.344 e. The van der Waals surface area contributed by atoms with Crippen LogP contribution in [-0.2, 0) is 4.79 Å². The van der Waals surface area contributed by atoms with Gasteiger partial charge in [0.15, 0.2) is 5.78 Å². The second-order valence-electron chi connectivity index (χ2n) is 6.95. The molecule has 2 heterocycles. The molecule has 0 spiro atoms. The summed E-state index contributed by atoms with van der Waals surface area (Å²) in [5.41, 5.74) is 1.48. The van der Waals surface area contributed by atoms with E-state index in [9.17, 15) is 9.59 Å². The SMILES string of the molecule is O=C1CCCC2=C1C(c1ccc(Cl)c(Cl)c1)c1c(c3ccccc3oc1=O)O2. The van der Waals surface area contributed by atoms with E-state index in [2.05, 4.69) is 0 Å². The highest BCUT2D eigenvalue weighted by Gasteiger charge is 2.40. The van der Waals surface area contributed by atoms with E-state index in [1.165, 1.54) is 0 Å². The van der Waals surface area contributed by atoms with Crippen molar-refractivity contribution >= 4 is 40.0 Å². The number of carbonyl (C=O) groups is 1. The van der Waals surface area contributed by atoms with Crippen LogP contribution in [0.4, 0.5) is 0 Å². The Kier molecular flexibility index (Phi) is 4.07. The van der Waals surface area contributed by atoms with Crippen LogP contribution in [0.15, 0.2) is 63.0 Å². The summed E-state index contributed by atoms with van der Waals surface area (Å²) in [6, 6.07) is 12.4. The molecular weight excluding hydrogens is 399 g/mol. The topological polar surface area (TPSA) is 56.5 Å². The molecule has 0 saturated heterocycles. The van der Waals surface area contributed by atoms with Crippen LogP contribution in [0.2, 0.25) is 10.0 Å². The third kappa shape index (κ3) is 2.60. The third-order valence-corrected chi connectivity index (χ3v) is 6.03. The van der Waals surface area contributed by atoms with E-state index < -0.39 is 11.5 Å². The molecule has 1 atom stereocenters. The lowest BCUT2D eigenvalue weighted by Gasteiger charge is -2.32. The summed E-state index contributed by atoms with van der Waals surface area (Å²) in [5.74, 6) is 0.463. The first-order chi connectivity index (χ1) is 13.5. The van der Waals surface area contributed by atoms with Crippen molar-refractivity contribution in [2.75, 3.05) is 0 Å². The predicted octanol–water partition coefficient (Wildman–Crippen LogP) is 5.63. The van der Waals surface area contributed by atoms with Gasteiger partial charge < -0.3 is 9.15 Å². The lowest BCUT2D eigenvalue weighted by Crippen LogP contribution is -2.29. The molecule has 0 fully saturated rings. The normalized spacial score (nSPS) is 18.6. The third-order valence-electron chi connectivity index (χ3n) is 5.29. The van der Waals surface area contributed by atoms with Gasteiger partial charge in [-0.2, -0.15) is 0 Å². The molecule has 1 unspecified atom stereocenters. The van der Waals surface area contributed by atoms with Crippen molar-refractivity contribution in [2.24, 2.45) is 0 Å². The van der Waals surface area contributed by atoms with Crippen molar-refractivity contribution in [1.29, 1.82) is 0 Å². The lowest BCUT2D eigenvalue weighted by molar-refractivity contribution is -0.116. The Morgan fingerprint density at radius 3 is 2.61 bits per heavy atom. The van der Waals surface area contributed by atoms with Gasteiger partial charge in [0, 0.05) is 18.4 Å². The van der Waals surface area contributed by atoms with Crippen LogP contribution in [0.3, 0.4) is 0 Å². The number of rotatable bonds is 1. The van der Waals surface area contributed by atoms with Gasteiger partial charge in [-0.15, -0.1) is 0 Å². The second-order valence-corrected chi connectivity index (χ2v) is 7.77. The number of ether oxygens (including phenoxy) is 1. The highest BCUT2D eigenvalue weighted by atomic mass is 35.5. The zero-order chi connectivity index (χ0) is 19.4. The standard InChI is InChI=1S/C22H14Cl2O4/c23-13-9-8-11(10-14(13)24)18-19-15(25)5-3-7-17(19)27-21-12-4-1-2-6-16(12)28-22(26)20(18)21/h1-2,4,6,8-10,18H,3,5,7H2.